The third-order valence-corrected chi connectivity index (χ3v) is 2.94. The van der Waals surface area contributed by atoms with Crippen LogP contribution < -0.4 is 10.6 Å². The average Bonchev–Trinajstić information content (AvgIpc) is 2.87. The van der Waals surface area contributed by atoms with Crippen molar-refractivity contribution >= 4 is 11.8 Å². The molecule has 2 N–H and O–H groups in total. The van der Waals surface area contributed by atoms with Crippen LogP contribution >= 0.6 is 0 Å². The Kier molecular flexibility index (Phi) is 6.47. The Bertz CT molecular complexity index is 384. The van der Waals surface area contributed by atoms with E-state index in [-0.39, 0.29) is 42.9 Å². The molecule has 114 valence electrons. The molecule has 20 heavy (non-hydrogen) atoms. The minimum absolute atomic E-state index is 0.106. The number of carbonyl (C=O) groups is 2. The zero-order chi connectivity index (χ0) is 15.1. The van der Waals surface area contributed by atoms with Crippen molar-refractivity contribution < 1.29 is 27.2 Å². The molecule has 0 radical (unpaired) electrons. The Morgan fingerprint density at radius 2 is 1.75 bits per heavy atom. The van der Waals surface area contributed by atoms with Crippen LogP contribution in [0.1, 0.15) is 19.3 Å². The molecular formula is C12H16F4N2O2. The highest BCUT2D eigenvalue weighted by atomic mass is 19.3. The van der Waals surface area contributed by atoms with Crippen molar-refractivity contribution in [2.75, 3.05) is 13.1 Å². The summed E-state index contributed by atoms with van der Waals surface area (Å²) in [5, 5.41) is 4.96. The molecule has 2 aliphatic rings. The summed E-state index contributed by atoms with van der Waals surface area (Å²) in [6.45, 7) is 0.763. The van der Waals surface area contributed by atoms with Crippen LogP contribution in [0.25, 0.3) is 0 Å². The number of hydrogen-bond donors (Lipinski definition) is 2. The van der Waals surface area contributed by atoms with Crippen LogP contribution in [0.3, 0.4) is 0 Å². The zero-order valence-corrected chi connectivity index (χ0v) is 10.7. The summed E-state index contributed by atoms with van der Waals surface area (Å²) >= 11 is 0. The molecule has 0 bridgehead atoms. The van der Waals surface area contributed by atoms with Gasteiger partial charge in [0.25, 0.3) is 6.08 Å². The molecule has 0 saturated carbocycles. The smallest absolute Gasteiger partial charge is 0.266 e. The molecule has 2 rings (SSSR count). The Morgan fingerprint density at radius 1 is 1.15 bits per heavy atom. The number of alkyl halides is 2. The number of amides is 2. The van der Waals surface area contributed by atoms with Crippen molar-refractivity contribution in [3.05, 3.63) is 12.2 Å². The predicted molar refractivity (Wildman–Crippen MR) is 63.2 cm³/mol. The van der Waals surface area contributed by atoms with E-state index in [0.29, 0.717) is 13.1 Å². The van der Waals surface area contributed by atoms with Crippen molar-refractivity contribution in [3.63, 3.8) is 0 Å². The molecule has 2 fully saturated rings. The lowest BCUT2D eigenvalue weighted by molar-refractivity contribution is -0.120. The van der Waals surface area contributed by atoms with Crippen LogP contribution in [0.2, 0.25) is 0 Å². The van der Waals surface area contributed by atoms with Gasteiger partial charge in [0, 0.05) is 38.3 Å². The first-order valence-corrected chi connectivity index (χ1v) is 6.21. The first-order chi connectivity index (χ1) is 9.36. The Balaban J connectivity index is 0.000000200. The van der Waals surface area contributed by atoms with E-state index in [4.69, 9.17) is 0 Å². The molecule has 2 saturated heterocycles. The molecule has 2 aliphatic heterocycles. The lowest BCUT2D eigenvalue weighted by atomic mass is 10.1. The van der Waals surface area contributed by atoms with E-state index in [1.54, 1.807) is 0 Å². The number of hydrogen-bond acceptors (Lipinski definition) is 2. The molecule has 0 spiro atoms. The normalized spacial score (nSPS) is 24.9. The third kappa shape index (κ3) is 6.53. The lowest BCUT2D eigenvalue weighted by Crippen LogP contribution is -2.14. The van der Waals surface area contributed by atoms with Gasteiger partial charge in [0.05, 0.1) is 0 Å². The van der Waals surface area contributed by atoms with Gasteiger partial charge in [0.15, 0.2) is 0 Å². The first kappa shape index (κ1) is 16.5. The second kappa shape index (κ2) is 7.86. The fourth-order valence-corrected chi connectivity index (χ4v) is 2.01. The molecule has 0 aromatic heterocycles. The number of halogens is 4. The van der Waals surface area contributed by atoms with E-state index in [9.17, 15) is 27.2 Å². The molecular weight excluding hydrogens is 280 g/mol. The number of carbonyl (C=O) groups excluding carboxylic acids is 2. The van der Waals surface area contributed by atoms with E-state index >= 15 is 0 Å². The van der Waals surface area contributed by atoms with Gasteiger partial charge < -0.3 is 10.6 Å². The molecule has 2 atom stereocenters. The quantitative estimate of drug-likeness (QED) is 0.779. The van der Waals surface area contributed by atoms with Gasteiger partial charge in [0.1, 0.15) is 0 Å². The maximum Gasteiger partial charge on any atom is 0.266 e. The molecule has 0 aromatic rings. The predicted octanol–water partition coefficient (Wildman–Crippen LogP) is 1.68. The van der Waals surface area contributed by atoms with Gasteiger partial charge in [-0.15, -0.1) is 0 Å². The summed E-state index contributed by atoms with van der Waals surface area (Å²) in [6.07, 6.45) is -2.86. The Labute approximate surface area is 113 Å². The minimum atomic E-state index is -2.28. The van der Waals surface area contributed by atoms with Gasteiger partial charge >= 0.3 is 0 Å². The van der Waals surface area contributed by atoms with Crippen molar-refractivity contribution in [3.8, 4) is 0 Å². The lowest BCUT2D eigenvalue weighted by Gasteiger charge is -2.03. The largest absolute Gasteiger partial charge is 0.356 e. The van der Waals surface area contributed by atoms with Gasteiger partial charge in [-0.3, -0.25) is 9.59 Å². The highest BCUT2D eigenvalue weighted by molar-refractivity contribution is 5.78. The second-order valence-corrected chi connectivity index (χ2v) is 4.73. The summed E-state index contributed by atoms with van der Waals surface area (Å²) in [5.41, 5.74) is 0. The number of nitrogens with one attached hydrogen (secondary N) is 2. The van der Waals surface area contributed by atoms with Crippen LogP contribution in [0.4, 0.5) is 17.6 Å². The Morgan fingerprint density at radius 3 is 2.15 bits per heavy atom. The molecule has 4 nitrogen and oxygen atoms in total. The van der Waals surface area contributed by atoms with Crippen LogP contribution in [0, 0.1) is 11.8 Å². The Hall–Kier alpha value is -1.60. The van der Waals surface area contributed by atoms with Crippen LogP contribution in [0.5, 0.6) is 0 Å². The molecule has 8 heteroatoms. The standard InChI is InChI=1S/C6H9F2NO.C6H7F2NO/c2*7-5(8)1-4-2-6(10)9-3-4/h4-5H,1-3H2,(H,9,10);1,4H,2-3H2,(H,9,10). The zero-order valence-electron chi connectivity index (χ0n) is 10.7. The van der Waals surface area contributed by atoms with Crippen LogP contribution in [-0.4, -0.2) is 31.3 Å². The van der Waals surface area contributed by atoms with E-state index < -0.39 is 12.5 Å². The topological polar surface area (TPSA) is 58.2 Å². The van der Waals surface area contributed by atoms with Crippen molar-refractivity contribution in [1.82, 2.24) is 10.6 Å². The second-order valence-electron chi connectivity index (χ2n) is 4.73. The van der Waals surface area contributed by atoms with E-state index in [1.165, 1.54) is 0 Å². The first-order valence-electron chi connectivity index (χ1n) is 6.21. The third-order valence-electron chi connectivity index (χ3n) is 2.94. The summed E-state index contributed by atoms with van der Waals surface area (Å²) < 4.78 is 46.4. The molecule has 0 aliphatic carbocycles. The van der Waals surface area contributed by atoms with Gasteiger partial charge in [0.2, 0.25) is 18.2 Å². The van der Waals surface area contributed by atoms with Crippen molar-refractivity contribution in [1.29, 1.82) is 0 Å². The molecule has 0 aromatic carbocycles. The fourth-order valence-electron chi connectivity index (χ4n) is 2.01. The average molecular weight is 296 g/mol. The minimum Gasteiger partial charge on any atom is -0.356 e. The van der Waals surface area contributed by atoms with Crippen molar-refractivity contribution in [2.24, 2.45) is 11.8 Å². The summed E-state index contributed by atoms with van der Waals surface area (Å²) in [6, 6.07) is 0. The van der Waals surface area contributed by atoms with E-state index in [2.05, 4.69) is 10.6 Å². The van der Waals surface area contributed by atoms with E-state index in [1.807, 2.05) is 0 Å². The summed E-state index contributed by atoms with van der Waals surface area (Å²) in [5.74, 6) is -0.710. The summed E-state index contributed by atoms with van der Waals surface area (Å²) in [4.78, 5) is 20.9. The van der Waals surface area contributed by atoms with Gasteiger partial charge in [-0.2, -0.15) is 8.78 Å². The summed E-state index contributed by atoms with van der Waals surface area (Å²) in [7, 11) is 0. The highest BCUT2D eigenvalue weighted by Crippen LogP contribution is 2.17. The van der Waals surface area contributed by atoms with E-state index in [0.717, 1.165) is 6.08 Å². The van der Waals surface area contributed by atoms with Crippen LogP contribution in [-0.2, 0) is 9.59 Å². The maximum atomic E-state index is 11.7. The van der Waals surface area contributed by atoms with Crippen LogP contribution in [0.15, 0.2) is 12.2 Å². The maximum absolute atomic E-state index is 11.7. The molecule has 2 unspecified atom stereocenters. The van der Waals surface area contributed by atoms with Gasteiger partial charge in [-0.25, -0.2) is 8.78 Å². The molecule has 2 amide bonds. The molecule has 2 heterocycles. The SMILES string of the molecule is O=C1CC(C=C(F)F)CN1.O=C1CC(CC(F)F)CN1. The number of rotatable bonds is 3. The monoisotopic (exact) mass is 296 g/mol. The highest BCUT2D eigenvalue weighted by Gasteiger charge is 2.24. The van der Waals surface area contributed by atoms with Crippen molar-refractivity contribution in [2.45, 2.75) is 25.7 Å². The van der Waals surface area contributed by atoms with Gasteiger partial charge in [-0.1, -0.05) is 0 Å². The fraction of sp³-hybridized carbons (Fsp3) is 0.667. The van der Waals surface area contributed by atoms with Gasteiger partial charge in [-0.05, 0) is 12.0 Å².